The molecule has 13 rings (SSSR count). The highest BCUT2D eigenvalue weighted by molar-refractivity contribution is 6.22. The van der Waals surface area contributed by atoms with E-state index >= 15 is 9.59 Å². The van der Waals surface area contributed by atoms with Gasteiger partial charge in [-0.3, -0.25) is 9.59 Å². The molecule has 0 saturated heterocycles. The van der Waals surface area contributed by atoms with Gasteiger partial charge in [-0.1, -0.05) is 133 Å². The Labute approximate surface area is 342 Å². The first-order valence-corrected chi connectivity index (χ1v) is 20.3. The second-order valence-corrected chi connectivity index (χ2v) is 16.0. The van der Waals surface area contributed by atoms with E-state index in [1.165, 1.54) is 0 Å². The summed E-state index contributed by atoms with van der Waals surface area (Å²) in [4.78, 5) is 30.2. The van der Waals surface area contributed by atoms with E-state index in [0.717, 1.165) is 99.2 Å². The third kappa shape index (κ3) is 4.56. The standard InChI is InChI=1S/C56H32N2O2/c59-55-45-31-46-52(58-50-24-22-38(34-15-7-2-8-16-34)26-42(50)44-28-40(36-19-11-4-12-20-36)30-48(54(44)58)56(46)60)32-51(45)57-49-23-21-37(33-13-5-1-6-14-33)25-41(49)43-27-39(29-47(55)53(43)57)35-17-9-3-10-18-35/h1-32H. The number of hydrogen-bond acceptors (Lipinski definition) is 2. The first-order chi connectivity index (χ1) is 29.6. The average Bonchev–Trinajstić information content (AvgIpc) is 3.83. The largest absolute Gasteiger partial charge is 0.308 e. The van der Waals surface area contributed by atoms with Crippen LogP contribution in [0.1, 0.15) is 0 Å². The van der Waals surface area contributed by atoms with Gasteiger partial charge in [0.1, 0.15) is 0 Å². The van der Waals surface area contributed by atoms with Crippen LogP contribution in [-0.4, -0.2) is 8.80 Å². The average molecular weight is 765 g/mol. The van der Waals surface area contributed by atoms with Crippen LogP contribution in [0.25, 0.3) is 121 Å². The Hall–Kier alpha value is -8.08. The lowest BCUT2D eigenvalue weighted by atomic mass is 9.97. The minimum absolute atomic E-state index is 0.0826. The molecule has 9 aromatic carbocycles. The summed E-state index contributed by atoms with van der Waals surface area (Å²) in [5, 5.41) is 6.49. The Morgan fingerprint density at radius 1 is 0.233 bits per heavy atom. The van der Waals surface area contributed by atoms with Crippen LogP contribution in [0, 0.1) is 0 Å². The third-order valence-electron chi connectivity index (χ3n) is 12.7. The summed E-state index contributed by atoms with van der Waals surface area (Å²) in [5.41, 5.74) is 13.7. The van der Waals surface area contributed by atoms with Crippen LogP contribution < -0.4 is 10.9 Å². The van der Waals surface area contributed by atoms with Gasteiger partial charge < -0.3 is 8.80 Å². The molecule has 0 aliphatic rings. The number of pyridine rings is 2. The lowest BCUT2D eigenvalue weighted by molar-refractivity contribution is 1.31. The quantitative estimate of drug-likeness (QED) is 0.168. The van der Waals surface area contributed by atoms with Gasteiger partial charge in [0.15, 0.2) is 10.9 Å². The smallest absolute Gasteiger partial charge is 0.197 e. The molecule has 0 radical (unpaired) electrons. The predicted octanol–water partition coefficient (Wildman–Crippen LogP) is 13.4. The topological polar surface area (TPSA) is 43.0 Å². The zero-order chi connectivity index (χ0) is 39.6. The van der Waals surface area contributed by atoms with Crippen LogP contribution in [0.2, 0.25) is 0 Å². The second kappa shape index (κ2) is 12.2. The van der Waals surface area contributed by atoms with E-state index in [9.17, 15) is 0 Å². The van der Waals surface area contributed by atoms with E-state index < -0.39 is 0 Å². The molecule has 4 heterocycles. The van der Waals surface area contributed by atoms with Crippen LogP contribution in [0.5, 0.6) is 0 Å². The summed E-state index contributed by atoms with van der Waals surface area (Å²) in [6.07, 6.45) is 0. The van der Waals surface area contributed by atoms with Crippen LogP contribution in [0.15, 0.2) is 204 Å². The van der Waals surface area contributed by atoms with Gasteiger partial charge in [-0.25, -0.2) is 0 Å². The molecule has 0 atom stereocenters. The van der Waals surface area contributed by atoms with Gasteiger partial charge in [0, 0.05) is 43.1 Å². The Bertz CT molecular complexity index is 3740. The molecule has 0 N–H and O–H groups in total. The number of rotatable bonds is 4. The lowest BCUT2D eigenvalue weighted by Crippen LogP contribution is -2.11. The van der Waals surface area contributed by atoms with Gasteiger partial charge in [-0.2, -0.15) is 0 Å². The second-order valence-electron chi connectivity index (χ2n) is 16.0. The van der Waals surface area contributed by atoms with Gasteiger partial charge in [-0.05, 0) is 105 Å². The molecule has 0 spiro atoms. The van der Waals surface area contributed by atoms with Crippen LogP contribution in [0.3, 0.4) is 0 Å². The molecule has 0 fully saturated rings. The SMILES string of the molecule is O=c1c2cc3c(=O)c4cc(-c5ccccc5)cc5c6cc(-c7ccccc7)ccc6n(c3cc2n2c3ccc(-c6ccccc6)cc3c3cc(-c6ccccc6)cc1c32)c45. The maximum Gasteiger partial charge on any atom is 0.197 e. The molecule has 0 unspecified atom stereocenters. The van der Waals surface area contributed by atoms with Crippen molar-refractivity contribution >= 4 is 76.2 Å². The fourth-order valence-electron chi connectivity index (χ4n) is 9.96. The zero-order valence-corrected chi connectivity index (χ0v) is 32.2. The molecule has 13 aromatic rings. The number of aromatic nitrogens is 2. The van der Waals surface area contributed by atoms with Crippen molar-refractivity contribution in [1.29, 1.82) is 0 Å². The minimum Gasteiger partial charge on any atom is -0.308 e. The Kier molecular flexibility index (Phi) is 6.71. The maximum atomic E-state index is 15.1. The Balaban J connectivity index is 1.21. The first kappa shape index (κ1) is 32.9. The number of hydrogen-bond donors (Lipinski definition) is 0. The molecular weight excluding hydrogens is 733 g/mol. The van der Waals surface area contributed by atoms with Crippen molar-refractivity contribution in [2.24, 2.45) is 0 Å². The maximum absolute atomic E-state index is 15.1. The highest BCUT2D eigenvalue weighted by atomic mass is 16.1. The molecular formula is C56H32N2O2. The normalized spacial score (nSPS) is 12.1. The predicted molar refractivity (Wildman–Crippen MR) is 250 cm³/mol. The highest BCUT2D eigenvalue weighted by Crippen LogP contribution is 2.42. The molecule has 0 aliphatic carbocycles. The van der Waals surface area contributed by atoms with E-state index in [1.54, 1.807) is 0 Å². The fraction of sp³-hybridized carbons (Fsp3) is 0. The van der Waals surface area contributed by atoms with Gasteiger partial charge in [-0.15, -0.1) is 0 Å². The van der Waals surface area contributed by atoms with E-state index in [0.29, 0.717) is 21.5 Å². The van der Waals surface area contributed by atoms with E-state index in [4.69, 9.17) is 0 Å². The van der Waals surface area contributed by atoms with Crippen molar-refractivity contribution in [3.05, 3.63) is 215 Å². The van der Waals surface area contributed by atoms with Gasteiger partial charge >= 0.3 is 0 Å². The van der Waals surface area contributed by atoms with Crippen molar-refractivity contribution in [2.45, 2.75) is 0 Å². The fourth-order valence-corrected chi connectivity index (χ4v) is 9.96. The summed E-state index contributed by atoms with van der Waals surface area (Å²) < 4.78 is 4.52. The van der Waals surface area contributed by atoms with Crippen molar-refractivity contribution < 1.29 is 0 Å². The number of fused-ring (bicyclic) bond motifs is 10. The van der Waals surface area contributed by atoms with Crippen LogP contribution in [-0.2, 0) is 0 Å². The van der Waals surface area contributed by atoms with E-state index in [1.807, 2.05) is 66.7 Å². The molecule has 4 heteroatoms. The zero-order valence-electron chi connectivity index (χ0n) is 32.2. The van der Waals surface area contributed by atoms with Gasteiger partial charge in [0.05, 0.1) is 33.1 Å². The molecule has 60 heavy (non-hydrogen) atoms. The Morgan fingerprint density at radius 2 is 0.567 bits per heavy atom. The lowest BCUT2D eigenvalue weighted by Gasteiger charge is -2.13. The van der Waals surface area contributed by atoms with Crippen molar-refractivity contribution in [1.82, 2.24) is 8.80 Å². The minimum atomic E-state index is -0.0826. The molecule has 278 valence electrons. The van der Waals surface area contributed by atoms with E-state index in [-0.39, 0.29) is 10.9 Å². The molecule has 4 nitrogen and oxygen atoms in total. The summed E-state index contributed by atoms with van der Waals surface area (Å²) in [5.74, 6) is 0. The van der Waals surface area contributed by atoms with E-state index in [2.05, 4.69) is 136 Å². The summed E-state index contributed by atoms with van der Waals surface area (Å²) in [6, 6.07) is 67.1. The molecule has 0 saturated carbocycles. The number of benzene rings is 9. The highest BCUT2D eigenvalue weighted by Gasteiger charge is 2.24. The molecule has 0 aliphatic heterocycles. The monoisotopic (exact) mass is 764 g/mol. The van der Waals surface area contributed by atoms with Crippen molar-refractivity contribution in [2.75, 3.05) is 0 Å². The first-order valence-electron chi connectivity index (χ1n) is 20.3. The number of nitrogens with zero attached hydrogens (tertiary/aromatic N) is 2. The van der Waals surface area contributed by atoms with Gasteiger partial charge in [0.25, 0.3) is 0 Å². The molecule has 0 bridgehead atoms. The summed E-state index contributed by atoms with van der Waals surface area (Å²) in [6.45, 7) is 0. The van der Waals surface area contributed by atoms with Crippen LogP contribution in [0.4, 0.5) is 0 Å². The summed E-state index contributed by atoms with van der Waals surface area (Å²) in [7, 11) is 0. The molecule has 0 amide bonds. The molecule has 4 aromatic heterocycles. The Morgan fingerprint density at radius 3 is 0.950 bits per heavy atom. The third-order valence-corrected chi connectivity index (χ3v) is 12.7. The van der Waals surface area contributed by atoms with Crippen molar-refractivity contribution in [3.8, 4) is 44.5 Å². The van der Waals surface area contributed by atoms with Crippen LogP contribution >= 0.6 is 0 Å². The van der Waals surface area contributed by atoms with Gasteiger partial charge in [0.2, 0.25) is 0 Å². The summed E-state index contributed by atoms with van der Waals surface area (Å²) >= 11 is 0. The van der Waals surface area contributed by atoms with Crippen molar-refractivity contribution in [3.63, 3.8) is 0 Å².